The van der Waals surface area contributed by atoms with Crippen LogP contribution < -0.4 is 15.4 Å². The summed E-state index contributed by atoms with van der Waals surface area (Å²) < 4.78 is 5.28. The summed E-state index contributed by atoms with van der Waals surface area (Å²) in [4.78, 5) is 17.7. The molecule has 0 atom stereocenters. The number of hydrogen-bond acceptors (Lipinski definition) is 3. The minimum Gasteiger partial charge on any atom is -0.495 e. The number of rotatable bonds is 6. The molecule has 0 radical (unpaired) electrons. The van der Waals surface area contributed by atoms with Crippen molar-refractivity contribution in [2.75, 3.05) is 26.5 Å². The zero-order valence-corrected chi connectivity index (χ0v) is 19.5. The summed E-state index contributed by atoms with van der Waals surface area (Å²) in [6.07, 6.45) is 0. The van der Waals surface area contributed by atoms with Crippen molar-refractivity contribution in [3.8, 4) is 5.75 Å². The third-order valence-electron chi connectivity index (χ3n) is 3.93. The van der Waals surface area contributed by atoms with Gasteiger partial charge >= 0.3 is 0 Å². The smallest absolute Gasteiger partial charge is 0.221 e. The maximum atomic E-state index is 11.4. The van der Waals surface area contributed by atoms with Crippen LogP contribution in [-0.4, -0.2) is 38.0 Å². The minimum atomic E-state index is -0.142. The lowest BCUT2D eigenvalue weighted by molar-refractivity contribution is -0.114. The Kier molecular flexibility index (Phi) is 10.1. The lowest BCUT2D eigenvalue weighted by Gasteiger charge is -2.22. The van der Waals surface area contributed by atoms with E-state index in [-0.39, 0.29) is 29.9 Å². The number of benzene rings is 2. The van der Waals surface area contributed by atoms with E-state index in [4.69, 9.17) is 16.3 Å². The number of carbonyl (C=O) groups is 1. The number of anilines is 1. The van der Waals surface area contributed by atoms with Crippen LogP contribution in [0.4, 0.5) is 5.69 Å². The van der Waals surface area contributed by atoms with Crippen LogP contribution in [0.3, 0.4) is 0 Å². The van der Waals surface area contributed by atoms with Gasteiger partial charge in [-0.3, -0.25) is 9.79 Å². The van der Waals surface area contributed by atoms with Crippen molar-refractivity contribution in [2.45, 2.75) is 20.0 Å². The maximum Gasteiger partial charge on any atom is 0.221 e. The molecule has 2 rings (SSSR count). The Morgan fingerprint density at radius 1 is 1.18 bits per heavy atom. The van der Waals surface area contributed by atoms with Gasteiger partial charge in [-0.1, -0.05) is 29.8 Å². The Balaban J connectivity index is 0.00000392. The van der Waals surface area contributed by atoms with E-state index >= 15 is 0 Å². The third kappa shape index (κ3) is 7.20. The van der Waals surface area contributed by atoms with Gasteiger partial charge in [-0.05, 0) is 35.4 Å². The number of ether oxygens (including phenoxy) is 1. The maximum absolute atomic E-state index is 11.4. The van der Waals surface area contributed by atoms with E-state index in [1.165, 1.54) is 6.92 Å². The second-order valence-corrected chi connectivity index (χ2v) is 6.54. The molecule has 0 saturated heterocycles. The van der Waals surface area contributed by atoms with E-state index in [9.17, 15) is 4.79 Å². The molecule has 0 unspecified atom stereocenters. The SMILES string of the molecule is CN=C(NCc1ccc(OC)c(NC(C)=O)c1)N(C)Cc1ccc(Cl)cc1.I. The van der Waals surface area contributed by atoms with Gasteiger partial charge in [-0.15, -0.1) is 24.0 Å². The van der Waals surface area contributed by atoms with Crippen molar-refractivity contribution in [2.24, 2.45) is 4.99 Å². The second kappa shape index (κ2) is 11.8. The summed E-state index contributed by atoms with van der Waals surface area (Å²) in [6.45, 7) is 2.74. The highest BCUT2D eigenvalue weighted by atomic mass is 127. The number of amides is 1. The molecule has 152 valence electrons. The fraction of sp³-hybridized carbons (Fsp3) is 0.300. The number of nitrogens with zero attached hydrogens (tertiary/aromatic N) is 2. The summed E-state index contributed by atoms with van der Waals surface area (Å²) in [6, 6.07) is 13.4. The summed E-state index contributed by atoms with van der Waals surface area (Å²) in [5, 5.41) is 6.84. The van der Waals surface area contributed by atoms with E-state index in [1.807, 2.05) is 54.4 Å². The third-order valence-corrected chi connectivity index (χ3v) is 4.18. The van der Waals surface area contributed by atoms with E-state index < -0.39 is 0 Å². The Hall–Kier alpha value is -2.00. The lowest BCUT2D eigenvalue weighted by atomic mass is 10.2. The zero-order chi connectivity index (χ0) is 19.8. The highest BCUT2D eigenvalue weighted by Crippen LogP contribution is 2.25. The van der Waals surface area contributed by atoms with Gasteiger partial charge in [-0.25, -0.2) is 0 Å². The standard InChI is InChI=1S/C20H25ClN4O2.HI/c1-14(26)24-18-11-16(7-10-19(18)27-4)12-23-20(22-2)25(3)13-15-5-8-17(21)9-6-15;/h5-11H,12-13H2,1-4H3,(H,22,23)(H,24,26);1H. The van der Waals surface area contributed by atoms with Crippen LogP contribution in [-0.2, 0) is 17.9 Å². The molecule has 0 heterocycles. The number of aliphatic imine (C=N–C) groups is 1. The first-order valence-corrected chi connectivity index (χ1v) is 8.91. The van der Waals surface area contributed by atoms with Gasteiger partial charge in [-0.2, -0.15) is 0 Å². The van der Waals surface area contributed by atoms with Crippen LogP contribution in [0.25, 0.3) is 0 Å². The Morgan fingerprint density at radius 2 is 1.82 bits per heavy atom. The van der Waals surface area contributed by atoms with Crippen LogP contribution in [0.15, 0.2) is 47.5 Å². The predicted molar refractivity (Wildman–Crippen MR) is 126 cm³/mol. The average molecular weight is 517 g/mol. The molecule has 0 spiro atoms. The number of halogens is 2. The van der Waals surface area contributed by atoms with Gasteiger partial charge in [0, 0.05) is 39.1 Å². The zero-order valence-electron chi connectivity index (χ0n) is 16.5. The van der Waals surface area contributed by atoms with E-state index in [1.54, 1.807) is 14.2 Å². The molecular formula is C20H26ClIN4O2. The first-order chi connectivity index (χ1) is 12.9. The van der Waals surface area contributed by atoms with E-state index in [0.29, 0.717) is 24.5 Å². The molecule has 0 aliphatic heterocycles. The Morgan fingerprint density at radius 3 is 2.39 bits per heavy atom. The molecule has 0 aliphatic rings. The monoisotopic (exact) mass is 516 g/mol. The molecule has 0 aromatic heterocycles. The number of guanidine groups is 1. The Bertz CT molecular complexity index is 812. The van der Waals surface area contributed by atoms with Crippen molar-refractivity contribution in [1.82, 2.24) is 10.2 Å². The molecule has 0 bridgehead atoms. The fourth-order valence-electron chi connectivity index (χ4n) is 2.66. The summed E-state index contributed by atoms with van der Waals surface area (Å²) in [5.74, 6) is 1.25. The van der Waals surface area contributed by atoms with Gasteiger partial charge in [0.2, 0.25) is 5.91 Å². The van der Waals surface area contributed by atoms with Crippen LogP contribution in [0.2, 0.25) is 5.02 Å². The highest BCUT2D eigenvalue weighted by Gasteiger charge is 2.09. The predicted octanol–water partition coefficient (Wildman–Crippen LogP) is 4.13. The number of hydrogen-bond donors (Lipinski definition) is 2. The normalized spacial score (nSPS) is 10.7. The van der Waals surface area contributed by atoms with Crippen molar-refractivity contribution < 1.29 is 9.53 Å². The molecule has 2 aromatic carbocycles. The first-order valence-electron chi connectivity index (χ1n) is 8.53. The molecule has 2 N–H and O–H groups in total. The number of methoxy groups -OCH3 is 1. The second-order valence-electron chi connectivity index (χ2n) is 6.10. The molecule has 28 heavy (non-hydrogen) atoms. The minimum absolute atomic E-state index is 0. The topological polar surface area (TPSA) is 66.0 Å². The van der Waals surface area contributed by atoms with Crippen LogP contribution >= 0.6 is 35.6 Å². The van der Waals surface area contributed by atoms with Crippen LogP contribution in [0, 0.1) is 0 Å². The van der Waals surface area contributed by atoms with E-state index in [2.05, 4.69) is 15.6 Å². The molecular weight excluding hydrogens is 491 g/mol. The highest BCUT2D eigenvalue weighted by molar-refractivity contribution is 14.0. The van der Waals surface area contributed by atoms with Gasteiger partial charge in [0.25, 0.3) is 0 Å². The van der Waals surface area contributed by atoms with Crippen LogP contribution in [0.1, 0.15) is 18.1 Å². The molecule has 0 fully saturated rings. The summed E-state index contributed by atoms with van der Waals surface area (Å²) >= 11 is 5.94. The summed E-state index contributed by atoms with van der Waals surface area (Å²) in [7, 11) is 5.30. The number of carbonyl (C=O) groups excluding carboxylic acids is 1. The van der Waals surface area contributed by atoms with Crippen molar-refractivity contribution >= 4 is 53.1 Å². The van der Waals surface area contributed by atoms with Gasteiger partial charge in [0.15, 0.2) is 5.96 Å². The van der Waals surface area contributed by atoms with Gasteiger partial charge < -0.3 is 20.3 Å². The Labute approximate surface area is 188 Å². The fourth-order valence-corrected chi connectivity index (χ4v) is 2.78. The quantitative estimate of drug-likeness (QED) is 0.344. The largest absolute Gasteiger partial charge is 0.495 e. The summed E-state index contributed by atoms with van der Waals surface area (Å²) in [5.41, 5.74) is 2.79. The molecule has 8 heteroatoms. The van der Waals surface area contributed by atoms with Gasteiger partial charge in [0.1, 0.15) is 5.75 Å². The van der Waals surface area contributed by atoms with Crippen molar-refractivity contribution in [3.05, 3.63) is 58.6 Å². The van der Waals surface area contributed by atoms with E-state index in [0.717, 1.165) is 22.1 Å². The van der Waals surface area contributed by atoms with Gasteiger partial charge in [0.05, 0.1) is 12.8 Å². The number of nitrogens with one attached hydrogen (secondary N) is 2. The molecule has 6 nitrogen and oxygen atoms in total. The molecule has 2 aromatic rings. The molecule has 1 amide bonds. The van der Waals surface area contributed by atoms with Crippen molar-refractivity contribution in [3.63, 3.8) is 0 Å². The average Bonchev–Trinajstić information content (AvgIpc) is 2.64. The van der Waals surface area contributed by atoms with Crippen molar-refractivity contribution in [1.29, 1.82) is 0 Å². The first kappa shape index (κ1) is 24.0. The molecule has 0 saturated carbocycles. The lowest BCUT2D eigenvalue weighted by Crippen LogP contribution is -2.38. The van der Waals surface area contributed by atoms with Crippen LogP contribution in [0.5, 0.6) is 5.75 Å². The molecule has 0 aliphatic carbocycles.